The predicted octanol–water partition coefficient (Wildman–Crippen LogP) is 1.62. The van der Waals surface area contributed by atoms with Crippen LogP contribution in [0.5, 0.6) is 0 Å². The third kappa shape index (κ3) is 7.97. The van der Waals surface area contributed by atoms with Crippen LogP contribution in [0.2, 0.25) is 0 Å². The van der Waals surface area contributed by atoms with Gasteiger partial charge in [0.15, 0.2) is 0 Å². The number of carbonyl (C=O) groups excluding carboxylic acids is 2. The monoisotopic (exact) mass is 291 g/mol. The molecule has 1 aromatic rings. The molecule has 0 aliphatic carbocycles. The normalized spacial score (nSPS) is 11.0. The van der Waals surface area contributed by atoms with E-state index in [0.29, 0.717) is 31.5 Å². The average molecular weight is 291 g/mol. The SMILES string of the molecule is CC(C)(C)NC(=O)CCNC(=O)CCc1cccc(N)c1. The highest BCUT2D eigenvalue weighted by Crippen LogP contribution is 2.08. The molecular formula is C16H25N3O2. The summed E-state index contributed by atoms with van der Waals surface area (Å²) in [7, 11) is 0. The van der Waals surface area contributed by atoms with Crippen LogP contribution < -0.4 is 16.4 Å². The van der Waals surface area contributed by atoms with Crippen LogP contribution >= 0.6 is 0 Å². The van der Waals surface area contributed by atoms with Crippen molar-refractivity contribution < 1.29 is 9.59 Å². The average Bonchev–Trinajstić information content (AvgIpc) is 2.34. The lowest BCUT2D eigenvalue weighted by Gasteiger charge is -2.20. The number of hydrogen-bond acceptors (Lipinski definition) is 3. The quantitative estimate of drug-likeness (QED) is 0.696. The van der Waals surface area contributed by atoms with Crippen LogP contribution in [0, 0.1) is 0 Å². The van der Waals surface area contributed by atoms with Gasteiger partial charge in [-0.2, -0.15) is 0 Å². The second-order valence-electron chi connectivity index (χ2n) is 6.14. The molecule has 5 nitrogen and oxygen atoms in total. The standard InChI is InChI=1S/C16H25N3O2/c1-16(2,3)19-15(21)9-10-18-14(20)8-7-12-5-4-6-13(17)11-12/h4-6,11H,7-10,17H2,1-3H3,(H,18,20)(H,19,21). The Hall–Kier alpha value is -2.04. The van der Waals surface area contributed by atoms with Crippen LogP contribution in [0.4, 0.5) is 5.69 Å². The highest BCUT2D eigenvalue weighted by atomic mass is 16.2. The fourth-order valence-corrected chi connectivity index (χ4v) is 1.89. The van der Waals surface area contributed by atoms with E-state index in [-0.39, 0.29) is 17.4 Å². The first-order valence-electron chi connectivity index (χ1n) is 7.18. The molecule has 0 unspecified atom stereocenters. The minimum atomic E-state index is -0.242. The zero-order chi connectivity index (χ0) is 15.9. The first kappa shape index (κ1) is 17.0. The zero-order valence-electron chi connectivity index (χ0n) is 13.0. The van der Waals surface area contributed by atoms with Gasteiger partial charge in [0, 0.05) is 30.6 Å². The molecule has 5 heteroatoms. The van der Waals surface area contributed by atoms with Crippen molar-refractivity contribution in [3.8, 4) is 0 Å². The van der Waals surface area contributed by atoms with Crippen LogP contribution in [-0.2, 0) is 16.0 Å². The topological polar surface area (TPSA) is 84.2 Å². The van der Waals surface area contributed by atoms with E-state index < -0.39 is 0 Å². The number of benzene rings is 1. The smallest absolute Gasteiger partial charge is 0.222 e. The van der Waals surface area contributed by atoms with Gasteiger partial charge in [-0.15, -0.1) is 0 Å². The van der Waals surface area contributed by atoms with Crippen LogP contribution in [0.25, 0.3) is 0 Å². The number of nitrogens with two attached hydrogens (primary N) is 1. The molecule has 2 amide bonds. The number of anilines is 1. The Morgan fingerprint density at radius 3 is 2.48 bits per heavy atom. The van der Waals surface area contributed by atoms with E-state index in [0.717, 1.165) is 5.56 Å². The minimum Gasteiger partial charge on any atom is -0.399 e. The molecule has 0 atom stereocenters. The summed E-state index contributed by atoms with van der Waals surface area (Å²) in [5.41, 5.74) is 7.18. The largest absolute Gasteiger partial charge is 0.399 e. The van der Waals surface area contributed by atoms with Gasteiger partial charge >= 0.3 is 0 Å². The van der Waals surface area contributed by atoms with E-state index in [9.17, 15) is 9.59 Å². The molecule has 0 aliphatic heterocycles. The van der Waals surface area contributed by atoms with Gasteiger partial charge in [0.1, 0.15) is 0 Å². The number of carbonyl (C=O) groups is 2. The molecular weight excluding hydrogens is 266 g/mol. The maximum atomic E-state index is 11.7. The third-order valence-corrected chi connectivity index (χ3v) is 2.78. The molecule has 0 aliphatic rings. The van der Waals surface area contributed by atoms with Crippen molar-refractivity contribution in [3.63, 3.8) is 0 Å². The van der Waals surface area contributed by atoms with Crippen molar-refractivity contribution in [3.05, 3.63) is 29.8 Å². The Bertz CT molecular complexity index is 493. The molecule has 0 heterocycles. The molecule has 0 saturated heterocycles. The molecule has 1 aromatic carbocycles. The molecule has 0 radical (unpaired) electrons. The van der Waals surface area contributed by atoms with Crippen molar-refractivity contribution in [2.45, 2.75) is 45.6 Å². The van der Waals surface area contributed by atoms with Gasteiger partial charge in [-0.25, -0.2) is 0 Å². The van der Waals surface area contributed by atoms with Crippen LogP contribution in [-0.4, -0.2) is 23.9 Å². The minimum absolute atomic E-state index is 0.0546. The van der Waals surface area contributed by atoms with E-state index >= 15 is 0 Å². The zero-order valence-corrected chi connectivity index (χ0v) is 13.0. The van der Waals surface area contributed by atoms with Gasteiger partial charge < -0.3 is 16.4 Å². The Morgan fingerprint density at radius 1 is 1.14 bits per heavy atom. The van der Waals surface area contributed by atoms with Gasteiger partial charge in [0.2, 0.25) is 11.8 Å². The maximum Gasteiger partial charge on any atom is 0.222 e. The van der Waals surface area contributed by atoms with Gasteiger partial charge in [0.25, 0.3) is 0 Å². The Morgan fingerprint density at radius 2 is 1.86 bits per heavy atom. The molecule has 21 heavy (non-hydrogen) atoms. The molecule has 0 fully saturated rings. The molecule has 0 spiro atoms. The lowest BCUT2D eigenvalue weighted by molar-refractivity contribution is -0.123. The summed E-state index contributed by atoms with van der Waals surface area (Å²) in [5, 5.41) is 5.61. The molecule has 0 bridgehead atoms. The first-order valence-corrected chi connectivity index (χ1v) is 7.18. The van der Waals surface area contributed by atoms with E-state index in [1.807, 2.05) is 45.0 Å². The lowest BCUT2D eigenvalue weighted by Crippen LogP contribution is -2.42. The summed E-state index contributed by atoms with van der Waals surface area (Å²) >= 11 is 0. The molecule has 0 aromatic heterocycles. The highest BCUT2D eigenvalue weighted by molar-refractivity contribution is 5.79. The number of rotatable bonds is 6. The summed E-state index contributed by atoms with van der Waals surface area (Å²) in [6, 6.07) is 7.50. The summed E-state index contributed by atoms with van der Waals surface area (Å²) < 4.78 is 0. The van der Waals surface area contributed by atoms with Crippen molar-refractivity contribution in [2.24, 2.45) is 0 Å². The van der Waals surface area contributed by atoms with E-state index in [4.69, 9.17) is 5.73 Å². The van der Waals surface area contributed by atoms with Gasteiger partial charge in [-0.3, -0.25) is 9.59 Å². The van der Waals surface area contributed by atoms with Crippen molar-refractivity contribution in [1.82, 2.24) is 10.6 Å². The summed E-state index contributed by atoms with van der Waals surface area (Å²) in [5.74, 6) is -0.111. The highest BCUT2D eigenvalue weighted by Gasteiger charge is 2.13. The molecule has 116 valence electrons. The Kier molecular flexibility index (Phi) is 6.21. The van der Waals surface area contributed by atoms with Crippen LogP contribution in [0.3, 0.4) is 0 Å². The number of hydrogen-bond donors (Lipinski definition) is 3. The Balaban J connectivity index is 2.21. The third-order valence-electron chi connectivity index (χ3n) is 2.78. The van der Waals surface area contributed by atoms with Crippen LogP contribution in [0.1, 0.15) is 39.2 Å². The number of nitrogen functional groups attached to an aromatic ring is 1. The van der Waals surface area contributed by atoms with E-state index in [1.54, 1.807) is 0 Å². The second-order valence-corrected chi connectivity index (χ2v) is 6.14. The fourth-order valence-electron chi connectivity index (χ4n) is 1.89. The maximum absolute atomic E-state index is 11.7. The molecule has 4 N–H and O–H groups in total. The van der Waals surface area contributed by atoms with Gasteiger partial charge in [0.05, 0.1) is 0 Å². The Labute approximate surface area is 126 Å². The summed E-state index contributed by atoms with van der Waals surface area (Å²) in [4.78, 5) is 23.3. The van der Waals surface area contributed by atoms with Gasteiger partial charge in [-0.1, -0.05) is 12.1 Å². The van der Waals surface area contributed by atoms with Crippen molar-refractivity contribution in [1.29, 1.82) is 0 Å². The van der Waals surface area contributed by atoms with E-state index in [2.05, 4.69) is 10.6 Å². The van der Waals surface area contributed by atoms with Crippen molar-refractivity contribution in [2.75, 3.05) is 12.3 Å². The fraction of sp³-hybridized carbons (Fsp3) is 0.500. The van der Waals surface area contributed by atoms with Crippen LogP contribution in [0.15, 0.2) is 24.3 Å². The molecule has 0 saturated carbocycles. The number of amides is 2. The van der Waals surface area contributed by atoms with E-state index in [1.165, 1.54) is 0 Å². The predicted molar refractivity (Wildman–Crippen MR) is 84.7 cm³/mol. The number of nitrogens with one attached hydrogen (secondary N) is 2. The lowest BCUT2D eigenvalue weighted by atomic mass is 10.1. The summed E-state index contributed by atoms with van der Waals surface area (Å²) in [6.07, 6.45) is 1.33. The molecule has 1 rings (SSSR count). The number of aryl methyl sites for hydroxylation is 1. The van der Waals surface area contributed by atoms with Gasteiger partial charge in [-0.05, 0) is 44.9 Å². The second kappa shape index (κ2) is 7.67. The first-order chi connectivity index (χ1) is 9.76. The van der Waals surface area contributed by atoms with Crippen molar-refractivity contribution >= 4 is 17.5 Å². The summed E-state index contributed by atoms with van der Waals surface area (Å²) in [6.45, 7) is 6.14.